The maximum absolute atomic E-state index is 12.1. The Morgan fingerprint density at radius 3 is 2.47 bits per heavy atom. The van der Waals surface area contributed by atoms with Crippen LogP contribution in [0.4, 0.5) is 0 Å². The van der Waals surface area contributed by atoms with Crippen LogP contribution in [0.15, 0.2) is 16.7 Å². The quantitative estimate of drug-likeness (QED) is 0.198. The van der Waals surface area contributed by atoms with Crippen molar-refractivity contribution in [1.29, 1.82) is 0 Å². The summed E-state index contributed by atoms with van der Waals surface area (Å²) in [5.74, 6) is -0.317. The topological polar surface area (TPSA) is 189 Å². The highest BCUT2D eigenvalue weighted by Gasteiger charge is 2.56. The summed E-state index contributed by atoms with van der Waals surface area (Å²) in [6, 6.07) is 1.70. The van der Waals surface area contributed by atoms with Crippen LogP contribution < -0.4 is 9.47 Å². The number of carbonyl (C=O) groups excluding carboxylic acids is 1. The number of fused-ring (bicyclic) bond motifs is 1. The molecule has 1 aromatic heterocycles. The molecule has 2 heterocycles. The third-order valence-corrected chi connectivity index (χ3v) is 6.26. The monoisotopic (exact) mass is 514 g/mol. The first-order chi connectivity index (χ1) is 17.2. The second kappa shape index (κ2) is 12.2. The van der Waals surface area contributed by atoms with Crippen molar-refractivity contribution in [1.82, 2.24) is 0 Å². The average Bonchev–Trinajstić information content (AvgIpc) is 3.25. The number of aryl methyl sites for hydroxylation is 1. The van der Waals surface area contributed by atoms with Gasteiger partial charge in [0, 0.05) is 37.0 Å². The van der Waals surface area contributed by atoms with E-state index in [9.17, 15) is 35.4 Å². The molecular formula is C24H34O12. The summed E-state index contributed by atoms with van der Waals surface area (Å²) in [5.41, 5.74) is -0.844. The Hall–Kier alpha value is -2.45. The number of benzene rings is 1. The first-order valence-electron chi connectivity index (χ1n) is 11.7. The number of hydrogen-bond donors (Lipinski definition) is 6. The van der Waals surface area contributed by atoms with Crippen LogP contribution in [-0.2, 0) is 27.1 Å². The molecule has 0 radical (unpaired) electrons. The van der Waals surface area contributed by atoms with E-state index in [0.717, 1.165) is 0 Å². The molecule has 12 nitrogen and oxygen atoms in total. The first-order valence-corrected chi connectivity index (χ1v) is 11.7. The third-order valence-electron chi connectivity index (χ3n) is 6.26. The molecule has 0 saturated carbocycles. The minimum absolute atomic E-state index is 0.0148. The van der Waals surface area contributed by atoms with Gasteiger partial charge in [0.1, 0.15) is 18.3 Å². The number of hydrogen-bond acceptors (Lipinski definition) is 12. The molecule has 0 amide bonds. The zero-order chi connectivity index (χ0) is 26.5. The van der Waals surface area contributed by atoms with Gasteiger partial charge in [0.25, 0.3) is 0 Å². The maximum Gasteiger partial charge on any atom is 0.306 e. The second-order valence-corrected chi connectivity index (χ2v) is 8.52. The van der Waals surface area contributed by atoms with E-state index >= 15 is 0 Å². The fraction of sp³-hybridized carbons (Fsp3) is 0.625. The van der Waals surface area contributed by atoms with Gasteiger partial charge in [0.15, 0.2) is 16.9 Å². The highest BCUT2D eigenvalue weighted by atomic mass is 16.7. The molecule has 3 rings (SSSR count). The summed E-state index contributed by atoms with van der Waals surface area (Å²) >= 11 is 0. The number of aliphatic hydroxyl groups is 6. The smallest absolute Gasteiger partial charge is 0.306 e. The van der Waals surface area contributed by atoms with Crippen LogP contribution in [-0.4, -0.2) is 100 Å². The lowest BCUT2D eigenvalue weighted by Crippen LogP contribution is -2.68. The normalized spacial score (nSPS) is 26.2. The summed E-state index contributed by atoms with van der Waals surface area (Å²) in [5, 5.41) is 61.3. The average molecular weight is 515 g/mol. The summed E-state index contributed by atoms with van der Waals surface area (Å²) in [6.45, 7) is 0.525. The van der Waals surface area contributed by atoms with E-state index in [0.29, 0.717) is 22.9 Å². The molecule has 202 valence electrons. The number of esters is 1. The minimum atomic E-state index is -2.26. The van der Waals surface area contributed by atoms with E-state index in [4.69, 9.17) is 23.4 Å². The molecular weight excluding hydrogens is 480 g/mol. The van der Waals surface area contributed by atoms with E-state index < -0.39 is 55.8 Å². The van der Waals surface area contributed by atoms with E-state index in [2.05, 4.69) is 0 Å². The molecule has 1 aliphatic heterocycles. The van der Waals surface area contributed by atoms with E-state index in [1.165, 1.54) is 13.4 Å². The zero-order valence-corrected chi connectivity index (χ0v) is 20.3. The molecule has 1 aliphatic rings. The number of furan rings is 1. The Morgan fingerprint density at radius 1 is 1.11 bits per heavy atom. The summed E-state index contributed by atoms with van der Waals surface area (Å²) in [4.78, 5) is 12.1. The van der Waals surface area contributed by atoms with E-state index in [1.54, 1.807) is 13.0 Å². The Bertz CT molecular complexity index is 1020. The molecule has 0 bridgehead atoms. The van der Waals surface area contributed by atoms with Crippen LogP contribution >= 0.6 is 0 Å². The van der Waals surface area contributed by atoms with Gasteiger partial charge in [0.05, 0.1) is 26.6 Å². The molecule has 36 heavy (non-hydrogen) atoms. The summed E-state index contributed by atoms with van der Waals surface area (Å²) in [7, 11) is 1.36. The highest BCUT2D eigenvalue weighted by Crippen LogP contribution is 2.44. The van der Waals surface area contributed by atoms with Crippen LogP contribution in [0.25, 0.3) is 11.0 Å². The predicted molar refractivity (Wildman–Crippen MR) is 124 cm³/mol. The van der Waals surface area contributed by atoms with Gasteiger partial charge in [-0.1, -0.05) is 0 Å². The third kappa shape index (κ3) is 5.44. The van der Waals surface area contributed by atoms with Gasteiger partial charge < -0.3 is 54.0 Å². The molecule has 12 heteroatoms. The second-order valence-electron chi connectivity index (χ2n) is 8.52. The fourth-order valence-corrected chi connectivity index (χ4v) is 4.34. The van der Waals surface area contributed by atoms with Crippen molar-refractivity contribution >= 4 is 16.9 Å². The SMILES string of the molecule is CCOC(=O)CCc1cc2c(CCO)coc2c(OC)c1OC1OC(CO)C(O)C(O)C1(O)CCO. The van der Waals surface area contributed by atoms with Gasteiger partial charge in [-0.3, -0.25) is 4.79 Å². The summed E-state index contributed by atoms with van der Waals surface area (Å²) < 4.78 is 27.9. The number of aliphatic hydroxyl groups excluding tert-OH is 5. The Kier molecular flexibility index (Phi) is 9.53. The van der Waals surface area contributed by atoms with Crippen LogP contribution in [0.2, 0.25) is 0 Å². The standard InChI is InChI=1S/C24H34O12/c1-3-33-17(28)5-4-13-10-15-14(6-8-25)12-34-20(15)21(32-2)19(13)36-23-24(31,7-9-26)22(30)18(29)16(11-27)35-23/h10,12,16,18,22-23,25-27,29-31H,3-9,11H2,1-2H3. The van der Waals surface area contributed by atoms with Crippen molar-refractivity contribution in [3.63, 3.8) is 0 Å². The number of ether oxygens (including phenoxy) is 4. The van der Waals surface area contributed by atoms with Crippen molar-refractivity contribution in [2.24, 2.45) is 0 Å². The molecule has 1 saturated heterocycles. The molecule has 1 fully saturated rings. The van der Waals surface area contributed by atoms with Crippen molar-refractivity contribution in [3.05, 3.63) is 23.5 Å². The number of carbonyl (C=O) groups is 1. The van der Waals surface area contributed by atoms with Crippen LogP contribution in [0.5, 0.6) is 11.5 Å². The van der Waals surface area contributed by atoms with Crippen LogP contribution in [0.1, 0.15) is 30.9 Å². The minimum Gasteiger partial charge on any atom is -0.490 e. The van der Waals surface area contributed by atoms with Gasteiger partial charge in [-0.15, -0.1) is 0 Å². The van der Waals surface area contributed by atoms with Gasteiger partial charge >= 0.3 is 5.97 Å². The number of methoxy groups -OCH3 is 1. The molecule has 2 aromatic rings. The molecule has 5 atom stereocenters. The van der Waals surface area contributed by atoms with Crippen molar-refractivity contribution in [2.75, 3.05) is 33.5 Å². The lowest BCUT2D eigenvalue weighted by atomic mass is 9.84. The van der Waals surface area contributed by atoms with Crippen molar-refractivity contribution in [3.8, 4) is 11.5 Å². The van der Waals surface area contributed by atoms with Crippen molar-refractivity contribution in [2.45, 2.75) is 62.8 Å². The largest absolute Gasteiger partial charge is 0.490 e. The Balaban J connectivity index is 2.11. The predicted octanol–water partition coefficient (Wildman–Crippen LogP) is -0.597. The van der Waals surface area contributed by atoms with Crippen molar-refractivity contribution < 1.29 is 58.8 Å². The Morgan fingerprint density at radius 2 is 1.86 bits per heavy atom. The molecule has 5 unspecified atom stereocenters. The van der Waals surface area contributed by atoms with Gasteiger partial charge in [-0.05, 0) is 31.4 Å². The molecule has 0 spiro atoms. The summed E-state index contributed by atoms with van der Waals surface area (Å²) in [6.07, 6.45) is -4.95. The zero-order valence-electron chi connectivity index (χ0n) is 20.3. The molecule has 0 aliphatic carbocycles. The Labute approximate surface area is 207 Å². The fourth-order valence-electron chi connectivity index (χ4n) is 4.34. The molecule has 6 N–H and O–H groups in total. The van der Waals surface area contributed by atoms with E-state index in [-0.39, 0.29) is 43.1 Å². The van der Waals surface area contributed by atoms with Gasteiger partial charge in [-0.2, -0.15) is 0 Å². The highest BCUT2D eigenvalue weighted by molar-refractivity contribution is 5.90. The lowest BCUT2D eigenvalue weighted by Gasteiger charge is -2.47. The van der Waals surface area contributed by atoms with E-state index in [1.807, 2.05) is 0 Å². The first kappa shape index (κ1) is 28.1. The lowest BCUT2D eigenvalue weighted by molar-refractivity contribution is -0.323. The number of rotatable bonds is 12. The van der Waals surface area contributed by atoms with Crippen LogP contribution in [0.3, 0.4) is 0 Å². The maximum atomic E-state index is 12.1. The van der Waals surface area contributed by atoms with Gasteiger partial charge in [-0.25, -0.2) is 0 Å². The van der Waals surface area contributed by atoms with Gasteiger partial charge in [0.2, 0.25) is 12.0 Å². The van der Waals surface area contributed by atoms with Crippen LogP contribution in [0, 0.1) is 0 Å². The molecule has 1 aromatic carbocycles.